The Balaban J connectivity index is 0.00000289. The number of hydrogen-bond acceptors (Lipinski definition) is 4. The highest BCUT2D eigenvalue weighted by Gasteiger charge is 2.39. The summed E-state index contributed by atoms with van der Waals surface area (Å²) in [5, 5.41) is 11.7. The summed E-state index contributed by atoms with van der Waals surface area (Å²) in [7, 11) is 2.19. The first-order valence-corrected chi connectivity index (χ1v) is 12.0. The minimum Gasteiger partial charge on any atom is -0.486 e. The number of benzene rings is 2. The maximum absolute atomic E-state index is 11.7. The van der Waals surface area contributed by atoms with Gasteiger partial charge in [-0.15, -0.1) is 0 Å². The molecule has 2 atom stereocenters. The summed E-state index contributed by atoms with van der Waals surface area (Å²) in [4.78, 5) is 4.93. The third kappa shape index (κ3) is 6.28. The van der Waals surface area contributed by atoms with E-state index >= 15 is 0 Å². The molecular formula is C27H40N2O2S. The van der Waals surface area contributed by atoms with E-state index in [4.69, 9.17) is 4.74 Å². The van der Waals surface area contributed by atoms with Crippen molar-refractivity contribution in [2.24, 2.45) is 0 Å². The summed E-state index contributed by atoms with van der Waals surface area (Å²) < 4.78 is 6.19. The van der Waals surface area contributed by atoms with Gasteiger partial charge in [0.2, 0.25) is 0 Å². The van der Waals surface area contributed by atoms with Gasteiger partial charge in [0.05, 0.1) is 5.60 Å². The molecule has 1 aliphatic heterocycles. The van der Waals surface area contributed by atoms with Crippen LogP contribution >= 0.6 is 13.5 Å². The molecule has 1 heterocycles. The van der Waals surface area contributed by atoms with Crippen LogP contribution in [0.3, 0.4) is 0 Å². The first-order valence-electron chi connectivity index (χ1n) is 12.0. The number of likely N-dealkylation sites (N-methyl/N-ethyl adjacent to an activating group) is 1. The Hall–Kier alpha value is -1.53. The molecule has 2 fully saturated rings. The first-order chi connectivity index (χ1) is 15.0. The molecule has 1 saturated heterocycles. The van der Waals surface area contributed by atoms with Crippen molar-refractivity contribution in [2.75, 3.05) is 39.8 Å². The van der Waals surface area contributed by atoms with Crippen molar-refractivity contribution in [3.05, 3.63) is 65.7 Å². The summed E-state index contributed by atoms with van der Waals surface area (Å²) in [5.74, 6) is 1.03. The van der Waals surface area contributed by atoms with Crippen LogP contribution in [0.15, 0.2) is 54.6 Å². The lowest BCUT2D eigenvalue weighted by atomic mass is 9.72. The van der Waals surface area contributed by atoms with Crippen molar-refractivity contribution in [1.29, 1.82) is 0 Å². The Bertz CT molecular complexity index is 800. The lowest BCUT2D eigenvalue weighted by Crippen LogP contribution is -2.50. The SMILES string of the molecule is C[C@H](Oc1ccc(C(CN2CCN(C)CC2)C2(O)CCCCC2)cc1)c1ccccc1.S. The largest absolute Gasteiger partial charge is 0.486 e. The third-order valence-electron chi connectivity index (χ3n) is 7.27. The summed E-state index contributed by atoms with van der Waals surface area (Å²) >= 11 is 0. The fourth-order valence-corrected chi connectivity index (χ4v) is 5.16. The standard InChI is InChI=1S/C27H38N2O2.H2S/c1-22(23-9-5-3-6-10-23)31-25-13-11-24(12-14-25)26(27(30)15-7-4-8-16-27)21-29-19-17-28(2)18-20-29;/h3,5-6,9-14,22,26,30H,4,7-8,15-21H2,1-2H3;1H2/t22-,26?;/m0./s1. The van der Waals surface area contributed by atoms with Crippen LogP contribution < -0.4 is 4.74 Å². The van der Waals surface area contributed by atoms with Crippen molar-refractivity contribution in [1.82, 2.24) is 9.80 Å². The van der Waals surface area contributed by atoms with E-state index in [0.29, 0.717) is 0 Å². The normalized spacial score (nSPS) is 21.3. The lowest BCUT2D eigenvalue weighted by Gasteiger charge is -2.43. The topological polar surface area (TPSA) is 35.9 Å². The van der Waals surface area contributed by atoms with Crippen LogP contribution in [-0.4, -0.2) is 60.3 Å². The molecule has 1 aliphatic carbocycles. The average molecular weight is 457 g/mol. The Morgan fingerprint density at radius 1 is 0.875 bits per heavy atom. The number of hydrogen-bond donors (Lipinski definition) is 1. The van der Waals surface area contributed by atoms with Gasteiger partial charge in [-0.05, 0) is 50.1 Å². The summed E-state index contributed by atoms with van der Waals surface area (Å²) in [6.07, 6.45) is 5.34. The number of nitrogens with zero attached hydrogens (tertiary/aromatic N) is 2. The van der Waals surface area contributed by atoms with Crippen molar-refractivity contribution in [3.8, 4) is 5.75 Å². The fraction of sp³-hybridized carbons (Fsp3) is 0.556. The molecule has 2 aromatic rings. The monoisotopic (exact) mass is 456 g/mol. The molecule has 32 heavy (non-hydrogen) atoms. The zero-order chi connectivity index (χ0) is 21.7. The van der Waals surface area contributed by atoms with Crippen molar-refractivity contribution >= 4 is 13.5 Å². The van der Waals surface area contributed by atoms with Gasteiger partial charge in [-0.2, -0.15) is 13.5 Å². The second-order valence-electron chi connectivity index (χ2n) is 9.56. The molecule has 1 N–H and O–H groups in total. The van der Waals surface area contributed by atoms with E-state index in [1.807, 2.05) is 18.2 Å². The van der Waals surface area contributed by atoms with E-state index in [2.05, 4.69) is 60.2 Å². The van der Waals surface area contributed by atoms with Gasteiger partial charge in [0, 0.05) is 38.6 Å². The van der Waals surface area contributed by atoms with Crippen molar-refractivity contribution < 1.29 is 9.84 Å². The molecule has 176 valence electrons. The zero-order valence-electron chi connectivity index (χ0n) is 19.7. The zero-order valence-corrected chi connectivity index (χ0v) is 20.7. The molecule has 0 radical (unpaired) electrons. The molecule has 4 rings (SSSR count). The second kappa shape index (κ2) is 11.6. The molecular weight excluding hydrogens is 416 g/mol. The van der Waals surface area contributed by atoms with Gasteiger partial charge in [-0.3, -0.25) is 0 Å². The highest BCUT2D eigenvalue weighted by Crippen LogP contribution is 2.41. The van der Waals surface area contributed by atoms with E-state index in [1.165, 1.54) is 17.5 Å². The molecule has 0 aromatic heterocycles. The Labute approximate surface area is 201 Å². The summed E-state index contributed by atoms with van der Waals surface area (Å²) in [6, 6.07) is 18.9. The molecule has 2 aromatic carbocycles. The van der Waals surface area contributed by atoms with Gasteiger partial charge in [0.15, 0.2) is 0 Å². The third-order valence-corrected chi connectivity index (χ3v) is 7.27. The minimum atomic E-state index is -0.596. The minimum absolute atomic E-state index is 0. The maximum atomic E-state index is 11.7. The van der Waals surface area contributed by atoms with Crippen LogP contribution in [0, 0.1) is 0 Å². The van der Waals surface area contributed by atoms with Crippen LogP contribution in [0.2, 0.25) is 0 Å². The predicted octanol–water partition coefficient (Wildman–Crippen LogP) is 4.97. The van der Waals surface area contributed by atoms with Crippen molar-refractivity contribution in [3.63, 3.8) is 0 Å². The molecule has 0 spiro atoms. The fourth-order valence-electron chi connectivity index (χ4n) is 5.16. The van der Waals surface area contributed by atoms with Gasteiger partial charge in [-0.1, -0.05) is 61.7 Å². The van der Waals surface area contributed by atoms with Crippen LogP contribution in [0.4, 0.5) is 0 Å². The number of rotatable bonds is 7. The van der Waals surface area contributed by atoms with Crippen LogP contribution in [0.25, 0.3) is 0 Å². The van der Waals surface area contributed by atoms with E-state index in [-0.39, 0.29) is 25.5 Å². The van der Waals surface area contributed by atoms with E-state index in [0.717, 1.165) is 64.2 Å². The summed E-state index contributed by atoms with van der Waals surface area (Å²) in [5.41, 5.74) is 1.82. The highest BCUT2D eigenvalue weighted by atomic mass is 32.1. The van der Waals surface area contributed by atoms with E-state index in [9.17, 15) is 5.11 Å². The Morgan fingerprint density at radius 2 is 1.50 bits per heavy atom. The molecule has 2 aliphatic rings. The number of ether oxygens (including phenoxy) is 1. The predicted molar refractivity (Wildman–Crippen MR) is 137 cm³/mol. The smallest absolute Gasteiger partial charge is 0.121 e. The van der Waals surface area contributed by atoms with Gasteiger partial charge in [0.1, 0.15) is 11.9 Å². The van der Waals surface area contributed by atoms with Gasteiger partial charge in [-0.25, -0.2) is 0 Å². The van der Waals surface area contributed by atoms with Crippen LogP contribution in [0.5, 0.6) is 5.75 Å². The quantitative estimate of drug-likeness (QED) is 0.638. The molecule has 1 saturated carbocycles. The lowest BCUT2D eigenvalue weighted by molar-refractivity contribution is -0.0337. The van der Waals surface area contributed by atoms with Gasteiger partial charge >= 0.3 is 0 Å². The molecule has 5 heteroatoms. The Kier molecular flexibility index (Phi) is 9.06. The highest BCUT2D eigenvalue weighted by molar-refractivity contribution is 7.59. The Morgan fingerprint density at radius 3 is 2.12 bits per heavy atom. The molecule has 1 unspecified atom stereocenters. The number of aliphatic hydroxyl groups is 1. The van der Waals surface area contributed by atoms with Gasteiger partial charge < -0.3 is 19.6 Å². The van der Waals surface area contributed by atoms with E-state index < -0.39 is 5.60 Å². The van der Waals surface area contributed by atoms with Gasteiger partial charge in [0.25, 0.3) is 0 Å². The molecule has 0 bridgehead atoms. The first kappa shape index (κ1) is 25.1. The van der Waals surface area contributed by atoms with Crippen LogP contribution in [-0.2, 0) is 0 Å². The summed E-state index contributed by atoms with van der Waals surface area (Å²) in [6.45, 7) is 7.40. The van der Waals surface area contributed by atoms with Crippen molar-refractivity contribution in [2.45, 2.75) is 56.7 Å². The molecule has 4 nitrogen and oxygen atoms in total. The van der Waals surface area contributed by atoms with E-state index in [1.54, 1.807) is 0 Å². The average Bonchev–Trinajstić information content (AvgIpc) is 2.80. The molecule has 0 amide bonds. The van der Waals surface area contributed by atoms with Crippen LogP contribution in [0.1, 0.15) is 62.2 Å². The maximum Gasteiger partial charge on any atom is 0.121 e. The second-order valence-corrected chi connectivity index (χ2v) is 9.56. The number of piperazine rings is 1.